The lowest BCUT2D eigenvalue weighted by Crippen LogP contribution is -2.39. The molecule has 1 saturated heterocycles. The van der Waals surface area contributed by atoms with Gasteiger partial charge in [0.25, 0.3) is 0 Å². The summed E-state index contributed by atoms with van der Waals surface area (Å²) in [5.74, 6) is 0. The van der Waals surface area contributed by atoms with E-state index in [1.165, 1.54) is 19.4 Å². The van der Waals surface area contributed by atoms with Crippen molar-refractivity contribution in [1.82, 2.24) is 4.90 Å². The summed E-state index contributed by atoms with van der Waals surface area (Å²) in [4.78, 5) is 2.44. The largest absolute Gasteiger partial charge is 0.374 e. The molecule has 78 valence electrons. The molecule has 1 aliphatic heterocycles. The van der Waals surface area contributed by atoms with Gasteiger partial charge in [0.15, 0.2) is 0 Å². The molecule has 1 aliphatic rings. The maximum Gasteiger partial charge on any atom is 0.0730 e. The van der Waals surface area contributed by atoms with E-state index in [1.54, 1.807) is 0 Å². The van der Waals surface area contributed by atoms with Crippen molar-refractivity contribution in [2.24, 2.45) is 0 Å². The zero-order chi connectivity index (χ0) is 9.84. The van der Waals surface area contributed by atoms with Gasteiger partial charge < -0.3 is 9.64 Å². The first kappa shape index (κ1) is 11.0. The standard InChI is InChI=1S/C11H23NO/c1-5-11(13-9(2)3)10-7-6-8-12(10)4/h9-11H,5-8H2,1-4H3/t10-,11-/m0/s1. The lowest BCUT2D eigenvalue weighted by Gasteiger charge is -2.29. The van der Waals surface area contributed by atoms with E-state index in [0.29, 0.717) is 18.2 Å². The van der Waals surface area contributed by atoms with E-state index >= 15 is 0 Å². The van der Waals surface area contributed by atoms with Crippen LogP contribution in [-0.2, 0) is 4.74 Å². The first-order valence-electron chi connectivity index (χ1n) is 5.50. The van der Waals surface area contributed by atoms with Crippen LogP contribution in [0.15, 0.2) is 0 Å². The molecule has 2 atom stereocenters. The van der Waals surface area contributed by atoms with E-state index < -0.39 is 0 Å². The summed E-state index contributed by atoms with van der Waals surface area (Å²) in [5.41, 5.74) is 0. The zero-order valence-electron chi connectivity index (χ0n) is 9.42. The molecule has 0 bridgehead atoms. The Bertz CT molecular complexity index is 147. The second-order valence-electron chi connectivity index (χ2n) is 4.32. The molecule has 2 nitrogen and oxygen atoms in total. The summed E-state index contributed by atoms with van der Waals surface area (Å²) in [7, 11) is 2.21. The van der Waals surface area contributed by atoms with Gasteiger partial charge in [-0.05, 0) is 46.7 Å². The summed E-state index contributed by atoms with van der Waals surface area (Å²) in [6, 6.07) is 0.660. The van der Waals surface area contributed by atoms with Crippen LogP contribution < -0.4 is 0 Å². The van der Waals surface area contributed by atoms with E-state index in [2.05, 4.69) is 32.7 Å². The number of likely N-dealkylation sites (tertiary alicyclic amines) is 1. The van der Waals surface area contributed by atoms with Gasteiger partial charge in [-0.1, -0.05) is 6.92 Å². The quantitative estimate of drug-likeness (QED) is 0.666. The Morgan fingerprint density at radius 2 is 2.15 bits per heavy atom. The van der Waals surface area contributed by atoms with Crippen molar-refractivity contribution in [3.63, 3.8) is 0 Å². The van der Waals surface area contributed by atoms with E-state index in [4.69, 9.17) is 4.74 Å². The SMILES string of the molecule is CC[C@H](OC(C)C)[C@@H]1CCCN1C. The van der Waals surface area contributed by atoms with E-state index in [-0.39, 0.29) is 0 Å². The number of rotatable bonds is 4. The number of ether oxygens (including phenoxy) is 1. The highest BCUT2D eigenvalue weighted by Gasteiger charge is 2.29. The second-order valence-corrected chi connectivity index (χ2v) is 4.32. The number of nitrogens with zero attached hydrogens (tertiary/aromatic N) is 1. The second kappa shape index (κ2) is 4.97. The van der Waals surface area contributed by atoms with Crippen LogP contribution in [0.2, 0.25) is 0 Å². The minimum absolute atomic E-state index is 0.360. The lowest BCUT2D eigenvalue weighted by atomic mass is 10.1. The fourth-order valence-electron chi connectivity index (χ4n) is 2.21. The Balaban J connectivity index is 2.45. The van der Waals surface area contributed by atoms with Crippen LogP contribution in [0.25, 0.3) is 0 Å². The molecule has 0 aromatic heterocycles. The molecule has 1 heterocycles. The minimum atomic E-state index is 0.360. The number of likely N-dealkylation sites (N-methyl/N-ethyl adjacent to an activating group) is 1. The molecule has 0 saturated carbocycles. The molecule has 0 spiro atoms. The van der Waals surface area contributed by atoms with E-state index in [1.807, 2.05) is 0 Å². The van der Waals surface area contributed by atoms with Crippen LogP contribution >= 0.6 is 0 Å². The van der Waals surface area contributed by atoms with Crippen molar-refractivity contribution in [2.75, 3.05) is 13.6 Å². The summed E-state index contributed by atoms with van der Waals surface area (Å²) in [6.45, 7) is 7.71. The van der Waals surface area contributed by atoms with E-state index in [0.717, 1.165) is 6.42 Å². The molecule has 13 heavy (non-hydrogen) atoms. The third kappa shape index (κ3) is 2.96. The molecule has 0 unspecified atom stereocenters. The molecule has 0 amide bonds. The van der Waals surface area contributed by atoms with Crippen LogP contribution in [0.1, 0.15) is 40.0 Å². The highest BCUT2D eigenvalue weighted by molar-refractivity contribution is 4.83. The highest BCUT2D eigenvalue weighted by atomic mass is 16.5. The molecule has 2 heteroatoms. The summed E-state index contributed by atoms with van der Waals surface area (Å²) >= 11 is 0. The van der Waals surface area contributed by atoms with Crippen LogP contribution in [0.4, 0.5) is 0 Å². The fourth-order valence-corrected chi connectivity index (χ4v) is 2.21. The monoisotopic (exact) mass is 185 g/mol. The van der Waals surface area contributed by atoms with Gasteiger partial charge in [-0.2, -0.15) is 0 Å². The van der Waals surface area contributed by atoms with Crippen molar-refractivity contribution in [3.05, 3.63) is 0 Å². The average molecular weight is 185 g/mol. The predicted molar refractivity (Wildman–Crippen MR) is 56.0 cm³/mol. The minimum Gasteiger partial charge on any atom is -0.374 e. The van der Waals surface area contributed by atoms with Crippen molar-refractivity contribution < 1.29 is 4.74 Å². The van der Waals surface area contributed by atoms with Gasteiger partial charge in [-0.15, -0.1) is 0 Å². The van der Waals surface area contributed by atoms with Crippen LogP contribution in [0.3, 0.4) is 0 Å². The third-order valence-electron chi connectivity index (χ3n) is 2.86. The summed E-state index contributed by atoms with van der Waals surface area (Å²) < 4.78 is 5.91. The van der Waals surface area contributed by atoms with Gasteiger partial charge >= 0.3 is 0 Å². The number of hydrogen-bond donors (Lipinski definition) is 0. The first-order chi connectivity index (χ1) is 6.15. The topological polar surface area (TPSA) is 12.5 Å². The third-order valence-corrected chi connectivity index (χ3v) is 2.86. The molecule has 0 radical (unpaired) electrons. The maximum atomic E-state index is 5.91. The summed E-state index contributed by atoms with van der Waals surface area (Å²) in [6.07, 6.45) is 4.57. The van der Waals surface area contributed by atoms with Crippen molar-refractivity contribution >= 4 is 0 Å². The van der Waals surface area contributed by atoms with Crippen molar-refractivity contribution in [3.8, 4) is 0 Å². The molecule has 0 aromatic rings. The average Bonchev–Trinajstić information content (AvgIpc) is 2.47. The molecule has 0 N–H and O–H groups in total. The van der Waals surface area contributed by atoms with Gasteiger partial charge in [0.05, 0.1) is 12.2 Å². The predicted octanol–water partition coefficient (Wildman–Crippen LogP) is 2.28. The first-order valence-corrected chi connectivity index (χ1v) is 5.50. The van der Waals surface area contributed by atoms with Crippen LogP contribution in [0, 0.1) is 0 Å². The lowest BCUT2D eigenvalue weighted by molar-refractivity contribution is -0.0327. The summed E-state index contributed by atoms with van der Waals surface area (Å²) in [5, 5.41) is 0. The zero-order valence-corrected chi connectivity index (χ0v) is 9.42. The van der Waals surface area contributed by atoms with Gasteiger partial charge in [0.2, 0.25) is 0 Å². The Kier molecular flexibility index (Phi) is 4.20. The smallest absolute Gasteiger partial charge is 0.0730 e. The molecular formula is C11H23NO. The number of hydrogen-bond acceptors (Lipinski definition) is 2. The van der Waals surface area contributed by atoms with Gasteiger partial charge in [0, 0.05) is 6.04 Å². The van der Waals surface area contributed by atoms with Crippen LogP contribution in [-0.4, -0.2) is 36.7 Å². The molecule has 1 rings (SSSR count). The molecule has 0 aliphatic carbocycles. The van der Waals surface area contributed by atoms with Crippen molar-refractivity contribution in [2.45, 2.75) is 58.3 Å². The van der Waals surface area contributed by atoms with Crippen LogP contribution in [0.5, 0.6) is 0 Å². The molecule has 1 fully saturated rings. The van der Waals surface area contributed by atoms with Gasteiger partial charge in [-0.3, -0.25) is 0 Å². The molecular weight excluding hydrogens is 162 g/mol. The Hall–Kier alpha value is -0.0800. The van der Waals surface area contributed by atoms with Crippen molar-refractivity contribution in [1.29, 1.82) is 0 Å². The van der Waals surface area contributed by atoms with Gasteiger partial charge in [0.1, 0.15) is 0 Å². The normalized spacial score (nSPS) is 27.0. The van der Waals surface area contributed by atoms with Gasteiger partial charge in [-0.25, -0.2) is 0 Å². The Labute approximate surface area is 82.3 Å². The molecule has 0 aromatic carbocycles. The highest BCUT2D eigenvalue weighted by Crippen LogP contribution is 2.22. The van der Waals surface area contributed by atoms with E-state index in [9.17, 15) is 0 Å². The maximum absolute atomic E-state index is 5.91. The fraction of sp³-hybridized carbons (Fsp3) is 1.00. The Morgan fingerprint density at radius 3 is 2.54 bits per heavy atom. The Morgan fingerprint density at radius 1 is 1.46 bits per heavy atom.